The summed E-state index contributed by atoms with van der Waals surface area (Å²) in [5, 5.41) is 17.0. The molecular formula is C28H31Cl2N5O2S. The molecule has 1 heterocycles. The summed E-state index contributed by atoms with van der Waals surface area (Å²) in [6, 6.07) is 13.1. The number of aromatic nitrogens is 3. The van der Waals surface area contributed by atoms with E-state index in [2.05, 4.69) is 20.8 Å². The van der Waals surface area contributed by atoms with Gasteiger partial charge in [-0.15, -0.1) is 10.2 Å². The Morgan fingerprint density at radius 3 is 2.53 bits per heavy atom. The third-order valence-electron chi connectivity index (χ3n) is 8.18. The van der Waals surface area contributed by atoms with Crippen LogP contribution in [-0.2, 0) is 12.3 Å². The summed E-state index contributed by atoms with van der Waals surface area (Å²) in [6.45, 7) is 0.216. The third kappa shape index (κ3) is 5.36. The van der Waals surface area contributed by atoms with Crippen LogP contribution < -0.4 is 15.4 Å². The first-order chi connectivity index (χ1) is 18.4. The highest BCUT2D eigenvalue weighted by Gasteiger charge is 2.51. The van der Waals surface area contributed by atoms with Gasteiger partial charge in [-0.1, -0.05) is 47.1 Å². The van der Waals surface area contributed by atoms with Crippen LogP contribution in [0.25, 0.3) is 5.69 Å². The monoisotopic (exact) mass is 571 g/mol. The average Bonchev–Trinajstić information content (AvgIpc) is 3.29. The van der Waals surface area contributed by atoms with Gasteiger partial charge in [0, 0.05) is 16.3 Å². The maximum Gasteiger partial charge on any atom is 0.315 e. The third-order valence-corrected chi connectivity index (χ3v) is 9.73. The maximum absolute atomic E-state index is 13.1. The Morgan fingerprint density at radius 1 is 1.08 bits per heavy atom. The SMILES string of the molecule is COc1cccc(CSc2nnc(CNC(=O)NC34CC5CC(CC(C5)C3)C4)n2-c2cc(Cl)ccc2Cl)c1. The predicted molar refractivity (Wildman–Crippen MR) is 150 cm³/mol. The van der Waals surface area contributed by atoms with Crippen LogP contribution in [0.5, 0.6) is 5.75 Å². The van der Waals surface area contributed by atoms with Gasteiger partial charge in [0.1, 0.15) is 5.75 Å². The molecule has 2 amide bonds. The molecule has 4 bridgehead atoms. The van der Waals surface area contributed by atoms with Crippen molar-refractivity contribution in [3.05, 3.63) is 63.9 Å². The van der Waals surface area contributed by atoms with Crippen LogP contribution in [0.4, 0.5) is 4.79 Å². The van der Waals surface area contributed by atoms with Crippen LogP contribution in [0.2, 0.25) is 10.0 Å². The lowest BCUT2D eigenvalue weighted by Gasteiger charge is -2.56. The predicted octanol–water partition coefficient (Wildman–Crippen LogP) is 6.64. The first-order valence-electron chi connectivity index (χ1n) is 13.1. The lowest BCUT2D eigenvalue weighted by atomic mass is 9.53. The molecule has 7 rings (SSSR count). The van der Waals surface area contributed by atoms with Gasteiger partial charge in [-0.3, -0.25) is 4.57 Å². The molecule has 0 unspecified atom stereocenters. The van der Waals surface area contributed by atoms with E-state index in [9.17, 15) is 4.79 Å². The molecule has 4 aliphatic rings. The number of hydrogen-bond acceptors (Lipinski definition) is 5. The molecular weight excluding hydrogens is 541 g/mol. The molecule has 0 spiro atoms. The largest absolute Gasteiger partial charge is 0.497 e. The van der Waals surface area contributed by atoms with Crippen molar-refractivity contribution in [1.29, 1.82) is 0 Å². The maximum atomic E-state index is 13.1. The molecule has 4 fully saturated rings. The fraction of sp³-hybridized carbons (Fsp3) is 0.464. The molecule has 2 N–H and O–H groups in total. The van der Waals surface area contributed by atoms with E-state index in [0.29, 0.717) is 32.5 Å². The number of amides is 2. The van der Waals surface area contributed by atoms with E-state index in [1.54, 1.807) is 25.3 Å². The number of nitrogens with one attached hydrogen (secondary N) is 2. The van der Waals surface area contributed by atoms with E-state index in [0.717, 1.165) is 48.3 Å². The van der Waals surface area contributed by atoms with E-state index in [1.807, 2.05) is 28.8 Å². The number of thioether (sulfide) groups is 1. The van der Waals surface area contributed by atoms with E-state index in [4.69, 9.17) is 27.9 Å². The number of rotatable bonds is 8. The minimum atomic E-state index is -0.149. The molecule has 4 aliphatic carbocycles. The molecule has 7 nitrogen and oxygen atoms in total. The average molecular weight is 573 g/mol. The highest BCUT2D eigenvalue weighted by molar-refractivity contribution is 7.98. The summed E-state index contributed by atoms with van der Waals surface area (Å²) in [5.74, 6) is 4.34. The van der Waals surface area contributed by atoms with Crippen LogP contribution >= 0.6 is 35.0 Å². The lowest BCUT2D eigenvalue weighted by molar-refractivity contribution is -0.0135. The number of urea groups is 1. The summed E-state index contributed by atoms with van der Waals surface area (Å²) < 4.78 is 7.23. The molecule has 0 aliphatic heterocycles. The second-order valence-electron chi connectivity index (χ2n) is 11.0. The first-order valence-corrected chi connectivity index (χ1v) is 14.9. The van der Waals surface area contributed by atoms with Crippen molar-refractivity contribution in [2.24, 2.45) is 17.8 Å². The highest BCUT2D eigenvalue weighted by atomic mass is 35.5. The number of hydrogen-bond donors (Lipinski definition) is 2. The number of benzene rings is 2. The number of carbonyl (C=O) groups is 1. The quantitative estimate of drug-likeness (QED) is 0.296. The molecule has 0 radical (unpaired) electrons. The van der Waals surface area contributed by atoms with Crippen molar-refractivity contribution in [3.63, 3.8) is 0 Å². The molecule has 1 aromatic heterocycles. The Kier molecular flexibility index (Phi) is 7.22. The van der Waals surface area contributed by atoms with Crippen LogP contribution in [-0.4, -0.2) is 33.4 Å². The summed E-state index contributed by atoms with van der Waals surface area (Å²) >= 11 is 14.5. The van der Waals surface area contributed by atoms with Crippen LogP contribution in [0.1, 0.15) is 49.9 Å². The van der Waals surface area contributed by atoms with Gasteiger partial charge in [0.25, 0.3) is 0 Å². The summed E-state index contributed by atoms with van der Waals surface area (Å²) in [4.78, 5) is 13.1. The fourth-order valence-electron chi connectivity index (χ4n) is 7.03. The Balaban J connectivity index is 1.20. The Morgan fingerprint density at radius 2 is 1.82 bits per heavy atom. The van der Waals surface area contributed by atoms with Gasteiger partial charge in [-0.25, -0.2) is 4.79 Å². The number of nitrogens with zero attached hydrogens (tertiary/aromatic N) is 3. The van der Waals surface area contributed by atoms with Gasteiger partial charge in [0.15, 0.2) is 11.0 Å². The van der Waals surface area contributed by atoms with Crippen molar-refractivity contribution in [1.82, 2.24) is 25.4 Å². The molecule has 200 valence electrons. The molecule has 4 saturated carbocycles. The minimum Gasteiger partial charge on any atom is -0.497 e. The first kappa shape index (κ1) is 25.8. The van der Waals surface area contributed by atoms with Crippen LogP contribution in [0.15, 0.2) is 47.6 Å². The zero-order valence-corrected chi connectivity index (χ0v) is 23.6. The van der Waals surface area contributed by atoms with Gasteiger partial charge < -0.3 is 15.4 Å². The summed E-state index contributed by atoms with van der Waals surface area (Å²) in [5.41, 5.74) is 1.71. The van der Waals surface area contributed by atoms with E-state index < -0.39 is 0 Å². The van der Waals surface area contributed by atoms with Crippen molar-refractivity contribution in [2.45, 2.75) is 61.5 Å². The van der Waals surface area contributed by atoms with Gasteiger partial charge in [-0.05, 0) is 92.2 Å². The van der Waals surface area contributed by atoms with Gasteiger partial charge >= 0.3 is 6.03 Å². The van der Waals surface area contributed by atoms with Gasteiger partial charge in [0.05, 0.1) is 24.4 Å². The molecule has 10 heteroatoms. The molecule has 0 saturated heterocycles. The summed E-state index contributed by atoms with van der Waals surface area (Å²) in [6.07, 6.45) is 7.32. The van der Waals surface area contributed by atoms with Crippen molar-refractivity contribution >= 4 is 41.0 Å². The van der Waals surface area contributed by atoms with E-state index in [-0.39, 0.29) is 18.1 Å². The Labute approximate surface area is 237 Å². The lowest BCUT2D eigenvalue weighted by Crippen LogP contribution is -2.61. The Bertz CT molecular complexity index is 1310. The Hall–Kier alpha value is -2.42. The standard InChI is InChI=1S/C28H31Cl2N5O2S/c1-37-22-4-2-3-17(10-22)16-38-27-34-33-25(35(27)24-11-21(29)5-6-23(24)30)15-31-26(36)32-28-12-18-7-19(13-28)9-20(8-18)14-28/h2-6,10-11,18-20H,7-9,12-16H2,1H3,(H2,31,32,36). The zero-order chi connectivity index (χ0) is 26.3. The van der Waals surface area contributed by atoms with Gasteiger partial charge in [0.2, 0.25) is 0 Å². The minimum absolute atomic E-state index is 0.0550. The van der Waals surface area contributed by atoms with Crippen molar-refractivity contribution in [3.8, 4) is 11.4 Å². The van der Waals surface area contributed by atoms with Crippen LogP contribution in [0.3, 0.4) is 0 Å². The van der Waals surface area contributed by atoms with E-state index >= 15 is 0 Å². The van der Waals surface area contributed by atoms with Gasteiger partial charge in [-0.2, -0.15) is 0 Å². The molecule has 0 atom stereocenters. The smallest absolute Gasteiger partial charge is 0.315 e. The highest BCUT2D eigenvalue weighted by Crippen LogP contribution is 2.55. The number of ether oxygens (including phenoxy) is 1. The second-order valence-corrected chi connectivity index (χ2v) is 12.8. The normalized spacial score (nSPS) is 25.4. The molecule has 38 heavy (non-hydrogen) atoms. The number of carbonyl (C=O) groups excluding carboxylic acids is 1. The van der Waals surface area contributed by atoms with Crippen LogP contribution in [0, 0.1) is 17.8 Å². The zero-order valence-electron chi connectivity index (χ0n) is 21.3. The topological polar surface area (TPSA) is 81.1 Å². The van der Waals surface area contributed by atoms with E-state index in [1.165, 1.54) is 31.0 Å². The van der Waals surface area contributed by atoms with Crippen molar-refractivity contribution in [2.75, 3.05) is 7.11 Å². The number of halogens is 2. The number of methoxy groups -OCH3 is 1. The second kappa shape index (κ2) is 10.6. The fourth-order valence-corrected chi connectivity index (χ4v) is 8.30. The summed E-state index contributed by atoms with van der Waals surface area (Å²) in [7, 11) is 1.66. The molecule has 3 aromatic rings. The van der Waals surface area contributed by atoms with Crippen molar-refractivity contribution < 1.29 is 9.53 Å². The molecule has 2 aromatic carbocycles.